The van der Waals surface area contributed by atoms with Crippen LogP contribution in [0.25, 0.3) is 0 Å². The van der Waals surface area contributed by atoms with Crippen LogP contribution < -0.4 is 0 Å². The number of hydrogen-bond acceptors (Lipinski definition) is 1. The van der Waals surface area contributed by atoms with E-state index < -0.39 is 0 Å². The van der Waals surface area contributed by atoms with Gasteiger partial charge in [-0.3, -0.25) is 4.79 Å². The van der Waals surface area contributed by atoms with Gasteiger partial charge in [0.2, 0.25) is 5.91 Å². The maximum atomic E-state index is 12.0. The van der Waals surface area contributed by atoms with Crippen molar-refractivity contribution in [3.8, 4) is 0 Å². The van der Waals surface area contributed by atoms with E-state index in [9.17, 15) is 4.79 Å². The number of hydrogen-bond donors (Lipinski definition) is 0. The SMILES string of the molecule is CC1(C)CCCN(C(=O)C(C)(C)C)C1. The summed E-state index contributed by atoms with van der Waals surface area (Å²) >= 11 is 0. The molecule has 0 aromatic carbocycles. The molecule has 0 unspecified atom stereocenters. The van der Waals surface area contributed by atoms with Crippen molar-refractivity contribution in [1.82, 2.24) is 4.90 Å². The van der Waals surface area contributed by atoms with E-state index in [1.807, 2.05) is 25.7 Å². The third kappa shape index (κ3) is 2.73. The van der Waals surface area contributed by atoms with Crippen LogP contribution in [0.1, 0.15) is 47.5 Å². The molecule has 2 heteroatoms. The second kappa shape index (κ2) is 3.56. The van der Waals surface area contributed by atoms with Crippen molar-refractivity contribution in [3.63, 3.8) is 0 Å². The Bertz CT molecular complexity index is 225. The first-order valence-corrected chi connectivity index (χ1v) is 5.52. The predicted octanol–water partition coefficient (Wildman–Crippen LogP) is 2.68. The van der Waals surface area contributed by atoms with Crippen molar-refractivity contribution < 1.29 is 4.79 Å². The lowest BCUT2D eigenvalue weighted by Gasteiger charge is -2.40. The molecule has 1 amide bonds. The maximum absolute atomic E-state index is 12.0. The standard InChI is InChI=1S/C12H23NO/c1-11(2,3)10(14)13-8-6-7-12(4,5)9-13/h6-9H2,1-5H3. The number of likely N-dealkylation sites (tertiary alicyclic amines) is 1. The van der Waals surface area contributed by atoms with Gasteiger partial charge in [0.05, 0.1) is 0 Å². The molecule has 0 N–H and O–H groups in total. The first kappa shape index (κ1) is 11.5. The van der Waals surface area contributed by atoms with Gasteiger partial charge in [-0.25, -0.2) is 0 Å². The van der Waals surface area contributed by atoms with Gasteiger partial charge in [0, 0.05) is 18.5 Å². The fourth-order valence-electron chi connectivity index (χ4n) is 2.07. The van der Waals surface area contributed by atoms with Crippen LogP contribution in [-0.4, -0.2) is 23.9 Å². The minimum Gasteiger partial charge on any atom is -0.342 e. The Balaban J connectivity index is 2.66. The molecule has 14 heavy (non-hydrogen) atoms. The molecule has 0 aromatic heterocycles. The van der Waals surface area contributed by atoms with Crippen LogP contribution in [0.5, 0.6) is 0 Å². The number of nitrogens with zero attached hydrogens (tertiary/aromatic N) is 1. The molecule has 1 aliphatic rings. The first-order chi connectivity index (χ1) is 6.22. The molecule has 1 heterocycles. The average molecular weight is 197 g/mol. The van der Waals surface area contributed by atoms with Gasteiger partial charge in [0.25, 0.3) is 0 Å². The Morgan fingerprint density at radius 1 is 1.29 bits per heavy atom. The molecule has 0 aromatic rings. The summed E-state index contributed by atoms with van der Waals surface area (Å²) in [6.45, 7) is 12.3. The number of carbonyl (C=O) groups excluding carboxylic acids is 1. The molecule has 1 rings (SSSR count). The quantitative estimate of drug-likeness (QED) is 0.584. The molecule has 0 bridgehead atoms. The molecule has 0 radical (unpaired) electrons. The molecule has 0 spiro atoms. The highest BCUT2D eigenvalue weighted by atomic mass is 16.2. The minimum atomic E-state index is -0.229. The molecule has 1 aliphatic heterocycles. The molecule has 0 atom stereocenters. The Morgan fingerprint density at radius 2 is 1.86 bits per heavy atom. The molecule has 0 saturated carbocycles. The Labute approximate surface area is 87.7 Å². The van der Waals surface area contributed by atoms with Crippen molar-refractivity contribution in [1.29, 1.82) is 0 Å². The van der Waals surface area contributed by atoms with Crippen LogP contribution in [0.15, 0.2) is 0 Å². The van der Waals surface area contributed by atoms with Crippen molar-refractivity contribution in [2.75, 3.05) is 13.1 Å². The summed E-state index contributed by atoms with van der Waals surface area (Å²) in [5.41, 5.74) is 0.0760. The van der Waals surface area contributed by atoms with E-state index in [1.165, 1.54) is 6.42 Å². The van der Waals surface area contributed by atoms with Gasteiger partial charge in [0.15, 0.2) is 0 Å². The first-order valence-electron chi connectivity index (χ1n) is 5.52. The monoisotopic (exact) mass is 197 g/mol. The van der Waals surface area contributed by atoms with Crippen LogP contribution in [0, 0.1) is 10.8 Å². The van der Waals surface area contributed by atoms with Gasteiger partial charge >= 0.3 is 0 Å². The smallest absolute Gasteiger partial charge is 0.227 e. The topological polar surface area (TPSA) is 20.3 Å². The zero-order valence-corrected chi connectivity index (χ0v) is 10.2. The summed E-state index contributed by atoms with van der Waals surface area (Å²) in [4.78, 5) is 14.1. The maximum Gasteiger partial charge on any atom is 0.227 e. The highest BCUT2D eigenvalue weighted by Gasteiger charge is 2.33. The fraction of sp³-hybridized carbons (Fsp3) is 0.917. The molecule has 1 fully saturated rings. The zero-order valence-electron chi connectivity index (χ0n) is 10.2. The predicted molar refractivity (Wildman–Crippen MR) is 59.1 cm³/mol. The van der Waals surface area contributed by atoms with Gasteiger partial charge < -0.3 is 4.90 Å². The van der Waals surface area contributed by atoms with Crippen molar-refractivity contribution in [2.45, 2.75) is 47.5 Å². The zero-order chi connectivity index (χ0) is 11.0. The van der Waals surface area contributed by atoms with E-state index in [2.05, 4.69) is 13.8 Å². The summed E-state index contributed by atoms with van der Waals surface area (Å²) in [7, 11) is 0. The number of carbonyl (C=O) groups is 1. The van der Waals surface area contributed by atoms with Gasteiger partial charge in [-0.1, -0.05) is 34.6 Å². The van der Waals surface area contributed by atoms with E-state index in [4.69, 9.17) is 0 Å². The lowest BCUT2D eigenvalue weighted by molar-refractivity contribution is -0.142. The number of rotatable bonds is 0. The van der Waals surface area contributed by atoms with E-state index in [-0.39, 0.29) is 5.41 Å². The van der Waals surface area contributed by atoms with Crippen LogP contribution >= 0.6 is 0 Å². The highest BCUT2D eigenvalue weighted by molar-refractivity contribution is 5.81. The third-order valence-electron chi connectivity index (χ3n) is 2.83. The normalized spacial score (nSPS) is 22.2. The lowest BCUT2D eigenvalue weighted by Crippen LogP contribution is -2.47. The van der Waals surface area contributed by atoms with Crippen molar-refractivity contribution >= 4 is 5.91 Å². The largest absolute Gasteiger partial charge is 0.342 e. The van der Waals surface area contributed by atoms with Gasteiger partial charge in [0.1, 0.15) is 0 Å². The Morgan fingerprint density at radius 3 is 2.29 bits per heavy atom. The summed E-state index contributed by atoms with van der Waals surface area (Å²) < 4.78 is 0. The molecule has 82 valence electrons. The third-order valence-corrected chi connectivity index (χ3v) is 2.83. The molecular formula is C12H23NO. The minimum absolute atomic E-state index is 0.229. The van der Waals surface area contributed by atoms with Crippen LogP contribution in [0.3, 0.4) is 0 Å². The summed E-state index contributed by atoms with van der Waals surface area (Å²) in [5, 5.41) is 0. The van der Waals surface area contributed by atoms with Gasteiger partial charge in [-0.05, 0) is 18.3 Å². The summed E-state index contributed by atoms with van der Waals surface area (Å²) in [6, 6.07) is 0. The van der Waals surface area contributed by atoms with Gasteiger partial charge in [-0.15, -0.1) is 0 Å². The van der Waals surface area contributed by atoms with Crippen molar-refractivity contribution in [2.24, 2.45) is 10.8 Å². The molecule has 1 saturated heterocycles. The fourth-order valence-corrected chi connectivity index (χ4v) is 2.07. The highest BCUT2D eigenvalue weighted by Crippen LogP contribution is 2.30. The van der Waals surface area contributed by atoms with E-state index >= 15 is 0 Å². The number of piperidine rings is 1. The molecule has 0 aliphatic carbocycles. The molecule has 2 nitrogen and oxygen atoms in total. The lowest BCUT2D eigenvalue weighted by atomic mass is 9.82. The van der Waals surface area contributed by atoms with E-state index in [0.29, 0.717) is 11.3 Å². The average Bonchev–Trinajstić information content (AvgIpc) is 1.99. The van der Waals surface area contributed by atoms with Crippen LogP contribution in [-0.2, 0) is 4.79 Å². The van der Waals surface area contributed by atoms with Gasteiger partial charge in [-0.2, -0.15) is 0 Å². The summed E-state index contributed by atoms with van der Waals surface area (Å²) in [6.07, 6.45) is 2.38. The second-order valence-electron chi connectivity index (χ2n) is 6.24. The van der Waals surface area contributed by atoms with Crippen LogP contribution in [0.2, 0.25) is 0 Å². The summed E-state index contributed by atoms with van der Waals surface area (Å²) in [5.74, 6) is 0.297. The Hall–Kier alpha value is -0.530. The van der Waals surface area contributed by atoms with Crippen LogP contribution in [0.4, 0.5) is 0 Å². The number of amides is 1. The van der Waals surface area contributed by atoms with E-state index in [1.54, 1.807) is 0 Å². The second-order valence-corrected chi connectivity index (χ2v) is 6.24. The molecular weight excluding hydrogens is 174 g/mol. The Kier molecular flexibility index (Phi) is 2.93. The van der Waals surface area contributed by atoms with E-state index in [0.717, 1.165) is 19.5 Å². The van der Waals surface area contributed by atoms with Crippen molar-refractivity contribution in [3.05, 3.63) is 0 Å².